The molecule has 0 fully saturated rings. The van der Waals surface area contributed by atoms with Crippen LogP contribution in [-0.2, 0) is 12.8 Å². The smallest absolute Gasteiger partial charge is 0.323 e. The van der Waals surface area contributed by atoms with Gasteiger partial charge in [-0.25, -0.2) is 4.79 Å². The number of para-hydroxylation sites is 1. The summed E-state index contributed by atoms with van der Waals surface area (Å²) in [7, 11) is 2.19. The first-order chi connectivity index (χ1) is 15.6. The molecule has 1 aliphatic carbocycles. The van der Waals surface area contributed by atoms with Crippen molar-refractivity contribution < 1.29 is 9.53 Å². The quantitative estimate of drug-likeness (QED) is 0.471. The van der Waals surface area contributed by atoms with Crippen molar-refractivity contribution in [1.29, 1.82) is 0 Å². The Morgan fingerprint density at radius 1 is 0.938 bits per heavy atom. The highest BCUT2D eigenvalue weighted by molar-refractivity contribution is 5.99. The zero-order chi connectivity index (χ0) is 22.3. The molecule has 0 bridgehead atoms. The first-order valence-corrected chi connectivity index (χ1v) is 11.3. The van der Waals surface area contributed by atoms with Gasteiger partial charge in [-0.1, -0.05) is 31.2 Å². The second-order valence-corrected chi connectivity index (χ2v) is 8.47. The van der Waals surface area contributed by atoms with E-state index in [9.17, 15) is 4.79 Å². The molecule has 0 radical (unpaired) electrons. The van der Waals surface area contributed by atoms with E-state index in [-0.39, 0.29) is 6.03 Å². The Hall–Kier alpha value is -3.31. The molecule has 3 aromatic carbocycles. The summed E-state index contributed by atoms with van der Waals surface area (Å²) < 4.78 is 5.79. The van der Waals surface area contributed by atoms with E-state index >= 15 is 0 Å². The van der Waals surface area contributed by atoms with Crippen LogP contribution in [0.4, 0.5) is 16.2 Å². The van der Waals surface area contributed by atoms with Gasteiger partial charge in [0.1, 0.15) is 11.5 Å². The maximum atomic E-state index is 12.5. The molecule has 0 heterocycles. The van der Waals surface area contributed by atoms with Gasteiger partial charge in [0.15, 0.2) is 0 Å². The molecule has 166 valence electrons. The number of aryl methyl sites for hydroxylation is 1. The highest BCUT2D eigenvalue weighted by Crippen LogP contribution is 2.28. The summed E-state index contributed by atoms with van der Waals surface area (Å²) in [6, 6.07) is 23.0. The minimum Gasteiger partial charge on any atom is -0.457 e. The summed E-state index contributed by atoms with van der Waals surface area (Å²) in [6.07, 6.45) is 3.38. The summed E-state index contributed by atoms with van der Waals surface area (Å²) >= 11 is 0. The van der Waals surface area contributed by atoms with Crippen molar-refractivity contribution in [3.63, 3.8) is 0 Å². The van der Waals surface area contributed by atoms with E-state index in [0.717, 1.165) is 43.1 Å². The molecule has 32 heavy (non-hydrogen) atoms. The van der Waals surface area contributed by atoms with Crippen molar-refractivity contribution >= 4 is 17.4 Å². The molecule has 0 aromatic heterocycles. The van der Waals surface area contributed by atoms with Crippen molar-refractivity contribution in [3.8, 4) is 11.5 Å². The molecule has 5 nitrogen and oxygen atoms in total. The highest BCUT2D eigenvalue weighted by Gasteiger charge is 2.20. The fourth-order valence-electron chi connectivity index (χ4n) is 4.16. The number of fused-ring (bicyclic) bond motifs is 1. The van der Waals surface area contributed by atoms with Gasteiger partial charge in [0.05, 0.1) is 0 Å². The maximum absolute atomic E-state index is 12.5. The monoisotopic (exact) mass is 429 g/mol. The normalized spacial score (nSPS) is 15.2. The number of carbonyl (C=O) groups is 1. The van der Waals surface area contributed by atoms with Gasteiger partial charge in [-0.05, 0) is 98.4 Å². The van der Waals surface area contributed by atoms with E-state index in [1.165, 1.54) is 17.5 Å². The van der Waals surface area contributed by atoms with Crippen molar-refractivity contribution in [3.05, 3.63) is 83.9 Å². The van der Waals surface area contributed by atoms with Gasteiger partial charge in [-0.2, -0.15) is 0 Å². The van der Waals surface area contributed by atoms with Crippen molar-refractivity contribution in [2.45, 2.75) is 26.2 Å². The summed E-state index contributed by atoms with van der Waals surface area (Å²) in [5.74, 6) is 2.21. The van der Waals surface area contributed by atoms with E-state index in [1.807, 2.05) is 60.7 Å². The molecular formula is C27H31N3O2. The van der Waals surface area contributed by atoms with Crippen LogP contribution in [0.5, 0.6) is 11.5 Å². The largest absolute Gasteiger partial charge is 0.457 e. The van der Waals surface area contributed by atoms with E-state index in [2.05, 4.69) is 41.6 Å². The Morgan fingerprint density at radius 2 is 1.62 bits per heavy atom. The van der Waals surface area contributed by atoms with Crippen LogP contribution in [0.1, 0.15) is 24.5 Å². The van der Waals surface area contributed by atoms with Crippen LogP contribution in [0, 0.1) is 5.92 Å². The summed E-state index contributed by atoms with van der Waals surface area (Å²) in [6.45, 7) is 4.43. The van der Waals surface area contributed by atoms with E-state index < -0.39 is 0 Å². The zero-order valence-electron chi connectivity index (χ0n) is 18.8. The Kier molecular flexibility index (Phi) is 7.07. The average Bonchev–Trinajstić information content (AvgIpc) is 2.81. The van der Waals surface area contributed by atoms with Crippen LogP contribution in [0.3, 0.4) is 0 Å². The molecule has 5 heteroatoms. The first-order valence-electron chi connectivity index (χ1n) is 11.3. The minimum absolute atomic E-state index is 0.250. The predicted octanol–water partition coefficient (Wildman–Crippen LogP) is 6.18. The molecule has 0 spiro atoms. The number of hydrogen-bond donors (Lipinski definition) is 2. The Morgan fingerprint density at radius 3 is 2.38 bits per heavy atom. The van der Waals surface area contributed by atoms with Crippen LogP contribution in [0.25, 0.3) is 0 Å². The number of hydrogen-bond acceptors (Lipinski definition) is 3. The molecular weight excluding hydrogens is 398 g/mol. The number of ether oxygens (including phenoxy) is 1. The number of anilines is 2. The predicted molar refractivity (Wildman–Crippen MR) is 131 cm³/mol. The highest BCUT2D eigenvalue weighted by atomic mass is 16.5. The molecule has 3 aromatic rings. The lowest BCUT2D eigenvalue weighted by Gasteiger charge is -2.28. The maximum Gasteiger partial charge on any atom is 0.323 e. The number of nitrogens with zero attached hydrogens (tertiary/aromatic N) is 1. The number of urea groups is 1. The van der Waals surface area contributed by atoms with E-state index in [0.29, 0.717) is 11.6 Å². The lowest BCUT2D eigenvalue weighted by atomic mass is 9.83. The molecule has 1 aliphatic rings. The summed E-state index contributed by atoms with van der Waals surface area (Å²) in [4.78, 5) is 14.9. The fourth-order valence-corrected chi connectivity index (χ4v) is 4.16. The number of nitrogens with one attached hydrogen (secondary N) is 2. The summed E-state index contributed by atoms with van der Waals surface area (Å²) in [5, 5.41) is 5.84. The van der Waals surface area contributed by atoms with Gasteiger partial charge in [-0.3, -0.25) is 0 Å². The van der Waals surface area contributed by atoms with Gasteiger partial charge in [0.2, 0.25) is 0 Å². The number of rotatable bonds is 7. The first kappa shape index (κ1) is 21.9. The molecule has 4 rings (SSSR count). The standard InChI is InChI=1S/C27H31N3O2/c1-3-30(2)19-20-9-10-22-18-24(12-11-21(22)17-20)29-27(31)28-23-13-15-26(16-14-23)32-25-7-5-4-6-8-25/h4-8,11-16,18,20H,3,9-10,17,19H2,1-2H3,(H2,28,29,31). The van der Waals surface area contributed by atoms with Crippen LogP contribution < -0.4 is 15.4 Å². The van der Waals surface area contributed by atoms with Crippen molar-refractivity contribution in [1.82, 2.24) is 4.90 Å². The minimum atomic E-state index is -0.250. The van der Waals surface area contributed by atoms with Gasteiger partial charge in [0.25, 0.3) is 0 Å². The number of carbonyl (C=O) groups excluding carboxylic acids is 1. The lowest BCUT2D eigenvalue weighted by Crippen LogP contribution is -2.29. The molecule has 0 saturated heterocycles. The third-order valence-corrected chi connectivity index (χ3v) is 6.00. The van der Waals surface area contributed by atoms with E-state index in [1.54, 1.807) is 0 Å². The number of amides is 2. The second kappa shape index (κ2) is 10.3. The van der Waals surface area contributed by atoms with Crippen LogP contribution in [-0.4, -0.2) is 31.1 Å². The third-order valence-electron chi connectivity index (χ3n) is 6.00. The Balaban J connectivity index is 1.31. The van der Waals surface area contributed by atoms with Gasteiger partial charge < -0.3 is 20.3 Å². The topological polar surface area (TPSA) is 53.6 Å². The van der Waals surface area contributed by atoms with Gasteiger partial charge >= 0.3 is 6.03 Å². The SMILES string of the molecule is CCN(C)CC1CCc2cc(NC(=O)Nc3ccc(Oc4ccccc4)cc3)ccc2C1. The van der Waals surface area contributed by atoms with Crippen LogP contribution in [0.2, 0.25) is 0 Å². The fraction of sp³-hybridized carbons (Fsp3) is 0.296. The average molecular weight is 430 g/mol. The van der Waals surface area contributed by atoms with Crippen molar-refractivity contribution in [2.75, 3.05) is 30.8 Å². The molecule has 0 aliphatic heterocycles. The van der Waals surface area contributed by atoms with Crippen molar-refractivity contribution in [2.24, 2.45) is 5.92 Å². The molecule has 1 unspecified atom stereocenters. The molecule has 1 atom stereocenters. The van der Waals surface area contributed by atoms with Gasteiger partial charge in [0, 0.05) is 17.9 Å². The third kappa shape index (κ3) is 5.89. The Labute approximate surface area is 190 Å². The lowest BCUT2D eigenvalue weighted by molar-refractivity contribution is 0.262. The zero-order valence-corrected chi connectivity index (χ0v) is 18.8. The second-order valence-electron chi connectivity index (χ2n) is 8.47. The summed E-state index contributed by atoms with van der Waals surface area (Å²) in [5.41, 5.74) is 4.30. The van der Waals surface area contributed by atoms with Crippen LogP contribution in [0.15, 0.2) is 72.8 Å². The van der Waals surface area contributed by atoms with Crippen LogP contribution >= 0.6 is 0 Å². The Bertz CT molecular complexity index is 1030. The molecule has 2 N–H and O–H groups in total. The molecule has 2 amide bonds. The number of benzene rings is 3. The van der Waals surface area contributed by atoms with Gasteiger partial charge in [-0.15, -0.1) is 0 Å². The van der Waals surface area contributed by atoms with E-state index in [4.69, 9.17) is 4.74 Å². The molecule has 0 saturated carbocycles.